The van der Waals surface area contributed by atoms with Crippen LogP contribution in [0.2, 0.25) is 0 Å². The minimum atomic E-state index is -0.133. The molecule has 24 heavy (non-hydrogen) atoms. The fraction of sp³-hybridized carbons (Fsp3) is 0.278. The second-order valence-corrected chi connectivity index (χ2v) is 6.10. The number of hydrogen-bond donors (Lipinski definition) is 0. The van der Waals surface area contributed by atoms with E-state index in [2.05, 4.69) is 5.10 Å². The lowest BCUT2D eigenvalue weighted by Crippen LogP contribution is -2.40. The molecule has 4 heterocycles. The van der Waals surface area contributed by atoms with Crippen molar-refractivity contribution in [1.82, 2.24) is 19.1 Å². The summed E-state index contributed by atoms with van der Waals surface area (Å²) < 4.78 is 3.38. The van der Waals surface area contributed by atoms with E-state index < -0.39 is 0 Å². The summed E-state index contributed by atoms with van der Waals surface area (Å²) in [5.74, 6) is 0.0187. The molecule has 3 aromatic rings. The van der Waals surface area contributed by atoms with Crippen LogP contribution in [0.4, 0.5) is 0 Å². The van der Waals surface area contributed by atoms with Gasteiger partial charge in [0, 0.05) is 36.7 Å². The van der Waals surface area contributed by atoms with Crippen molar-refractivity contribution in [2.75, 3.05) is 6.54 Å². The van der Waals surface area contributed by atoms with Crippen LogP contribution in [0.25, 0.3) is 5.52 Å². The predicted molar refractivity (Wildman–Crippen MR) is 90.0 cm³/mol. The molecule has 0 radical (unpaired) electrons. The minimum Gasteiger partial charge on any atom is -0.334 e. The van der Waals surface area contributed by atoms with Gasteiger partial charge < -0.3 is 9.30 Å². The number of nitrogens with zero attached hydrogens (tertiary/aromatic N) is 4. The van der Waals surface area contributed by atoms with Gasteiger partial charge in [0.25, 0.3) is 11.5 Å². The van der Waals surface area contributed by atoms with Crippen molar-refractivity contribution in [2.45, 2.75) is 25.4 Å². The second-order valence-electron chi connectivity index (χ2n) is 6.10. The summed E-state index contributed by atoms with van der Waals surface area (Å²) in [5, 5.41) is 4.11. The van der Waals surface area contributed by atoms with Gasteiger partial charge in [-0.05, 0) is 37.1 Å². The van der Waals surface area contributed by atoms with E-state index in [-0.39, 0.29) is 17.5 Å². The summed E-state index contributed by atoms with van der Waals surface area (Å²) in [6, 6.07) is 10.9. The standard InChI is InChI=1S/C18H18N4O2/c23-17-7-3-8-19-22(17)13-16-6-4-10-21(16)18(24)14-11-15-5-1-2-9-20(15)12-14/h1-3,5,7-9,11-12,16H,4,6,10,13H2. The predicted octanol–water partition coefficient (Wildman–Crippen LogP) is 1.80. The summed E-state index contributed by atoms with van der Waals surface area (Å²) in [7, 11) is 0. The van der Waals surface area contributed by atoms with Gasteiger partial charge >= 0.3 is 0 Å². The summed E-state index contributed by atoms with van der Waals surface area (Å²) in [6.07, 6.45) is 7.23. The van der Waals surface area contributed by atoms with Crippen molar-refractivity contribution in [3.05, 3.63) is 70.9 Å². The molecule has 4 rings (SSSR count). The normalized spacial score (nSPS) is 17.5. The first kappa shape index (κ1) is 14.7. The first-order valence-corrected chi connectivity index (χ1v) is 8.12. The summed E-state index contributed by atoms with van der Waals surface area (Å²) in [5.41, 5.74) is 1.55. The highest BCUT2D eigenvalue weighted by Crippen LogP contribution is 2.22. The van der Waals surface area contributed by atoms with Crippen LogP contribution in [0.15, 0.2) is 59.8 Å². The Hall–Kier alpha value is -2.89. The Morgan fingerprint density at radius 2 is 2.17 bits per heavy atom. The van der Waals surface area contributed by atoms with Gasteiger partial charge in [0.05, 0.1) is 18.2 Å². The van der Waals surface area contributed by atoms with Crippen molar-refractivity contribution in [1.29, 1.82) is 0 Å². The maximum absolute atomic E-state index is 12.9. The maximum Gasteiger partial charge on any atom is 0.266 e. The molecule has 1 atom stereocenters. The first-order valence-electron chi connectivity index (χ1n) is 8.12. The quantitative estimate of drug-likeness (QED) is 0.739. The third-order valence-corrected chi connectivity index (χ3v) is 4.56. The number of carbonyl (C=O) groups excluding carboxylic acids is 1. The van der Waals surface area contributed by atoms with Crippen molar-refractivity contribution in [3.63, 3.8) is 0 Å². The number of amides is 1. The minimum absolute atomic E-state index is 0.00751. The van der Waals surface area contributed by atoms with Crippen LogP contribution in [0.3, 0.4) is 0 Å². The van der Waals surface area contributed by atoms with E-state index in [4.69, 9.17) is 0 Å². The molecule has 3 aromatic heterocycles. The topological polar surface area (TPSA) is 59.6 Å². The van der Waals surface area contributed by atoms with Crippen molar-refractivity contribution >= 4 is 11.4 Å². The highest BCUT2D eigenvalue weighted by Gasteiger charge is 2.30. The SMILES string of the molecule is O=C(c1cc2ccccn2c1)N1CCCC1Cn1ncccc1=O. The Kier molecular flexibility index (Phi) is 3.65. The fourth-order valence-electron chi connectivity index (χ4n) is 3.35. The zero-order valence-electron chi connectivity index (χ0n) is 13.2. The van der Waals surface area contributed by atoms with E-state index in [1.54, 1.807) is 12.3 Å². The van der Waals surface area contributed by atoms with Crippen LogP contribution in [0.5, 0.6) is 0 Å². The number of carbonyl (C=O) groups is 1. The lowest BCUT2D eigenvalue weighted by Gasteiger charge is -2.24. The van der Waals surface area contributed by atoms with Gasteiger partial charge in [-0.25, -0.2) is 4.68 Å². The molecule has 1 amide bonds. The molecular formula is C18H18N4O2. The molecule has 1 aliphatic rings. The highest BCUT2D eigenvalue weighted by molar-refractivity contribution is 5.96. The second kappa shape index (κ2) is 5.96. The monoisotopic (exact) mass is 322 g/mol. The lowest BCUT2D eigenvalue weighted by molar-refractivity contribution is 0.0720. The van der Waals surface area contributed by atoms with Crippen LogP contribution >= 0.6 is 0 Å². The zero-order valence-corrected chi connectivity index (χ0v) is 13.2. The molecule has 1 fully saturated rings. The Labute approximate surface area is 138 Å². The smallest absolute Gasteiger partial charge is 0.266 e. The van der Waals surface area contributed by atoms with Gasteiger partial charge in [-0.2, -0.15) is 5.10 Å². The molecule has 1 unspecified atom stereocenters. The molecule has 0 aliphatic carbocycles. The number of rotatable bonds is 3. The van der Waals surface area contributed by atoms with Crippen molar-refractivity contribution < 1.29 is 4.79 Å². The Bertz CT molecular complexity index is 910. The third-order valence-electron chi connectivity index (χ3n) is 4.56. The fourth-order valence-corrected chi connectivity index (χ4v) is 3.35. The van der Waals surface area contributed by atoms with E-state index in [0.29, 0.717) is 12.1 Å². The molecule has 6 heteroatoms. The van der Waals surface area contributed by atoms with E-state index in [9.17, 15) is 9.59 Å². The summed E-state index contributed by atoms with van der Waals surface area (Å²) in [4.78, 5) is 26.6. The zero-order chi connectivity index (χ0) is 16.5. The van der Waals surface area contributed by atoms with Gasteiger partial charge in [0.1, 0.15) is 0 Å². The molecule has 0 saturated carbocycles. The molecule has 0 spiro atoms. The average molecular weight is 322 g/mol. The van der Waals surface area contributed by atoms with Crippen molar-refractivity contribution in [2.24, 2.45) is 0 Å². The average Bonchev–Trinajstić information content (AvgIpc) is 3.23. The van der Waals surface area contributed by atoms with Crippen LogP contribution in [-0.4, -0.2) is 37.6 Å². The van der Waals surface area contributed by atoms with Gasteiger partial charge in [-0.3, -0.25) is 9.59 Å². The Morgan fingerprint density at radius 3 is 3.00 bits per heavy atom. The summed E-state index contributed by atoms with van der Waals surface area (Å²) >= 11 is 0. The van der Waals surface area contributed by atoms with E-state index >= 15 is 0 Å². The molecule has 122 valence electrons. The number of pyridine rings is 1. The van der Waals surface area contributed by atoms with Crippen LogP contribution in [-0.2, 0) is 6.54 Å². The van der Waals surface area contributed by atoms with Gasteiger partial charge in [0.15, 0.2) is 0 Å². The molecule has 0 N–H and O–H groups in total. The van der Waals surface area contributed by atoms with Crippen LogP contribution < -0.4 is 5.56 Å². The van der Waals surface area contributed by atoms with E-state index in [0.717, 1.165) is 24.9 Å². The van der Waals surface area contributed by atoms with E-state index in [1.165, 1.54) is 10.7 Å². The molecule has 6 nitrogen and oxygen atoms in total. The highest BCUT2D eigenvalue weighted by atomic mass is 16.2. The van der Waals surface area contributed by atoms with Gasteiger partial charge in [0.2, 0.25) is 0 Å². The largest absolute Gasteiger partial charge is 0.334 e. The number of fused-ring (bicyclic) bond motifs is 1. The summed E-state index contributed by atoms with van der Waals surface area (Å²) in [6.45, 7) is 1.16. The molecule has 1 saturated heterocycles. The van der Waals surface area contributed by atoms with Crippen LogP contribution in [0.1, 0.15) is 23.2 Å². The Morgan fingerprint density at radius 1 is 1.25 bits per heavy atom. The van der Waals surface area contributed by atoms with Gasteiger partial charge in [-0.15, -0.1) is 0 Å². The number of hydrogen-bond acceptors (Lipinski definition) is 3. The first-order chi connectivity index (χ1) is 11.7. The lowest BCUT2D eigenvalue weighted by atomic mass is 10.2. The third kappa shape index (κ3) is 2.60. The van der Waals surface area contributed by atoms with Crippen molar-refractivity contribution in [3.8, 4) is 0 Å². The molecule has 0 aromatic carbocycles. The Balaban J connectivity index is 1.59. The van der Waals surface area contributed by atoms with E-state index in [1.807, 2.05) is 46.0 Å². The number of likely N-dealkylation sites (tertiary alicyclic amines) is 1. The maximum atomic E-state index is 12.9. The van der Waals surface area contributed by atoms with Crippen LogP contribution in [0, 0.1) is 0 Å². The number of aromatic nitrogens is 3. The molecule has 0 bridgehead atoms. The molecule has 1 aliphatic heterocycles. The van der Waals surface area contributed by atoms with Gasteiger partial charge in [-0.1, -0.05) is 6.07 Å². The molecular weight excluding hydrogens is 304 g/mol.